The molecule has 2 rings (SSSR count). The summed E-state index contributed by atoms with van der Waals surface area (Å²) in [5.41, 5.74) is 4.19. The first-order valence-corrected chi connectivity index (χ1v) is 8.76. The molecule has 1 heterocycles. The summed E-state index contributed by atoms with van der Waals surface area (Å²) in [6, 6.07) is 0. The molecule has 0 spiro atoms. The van der Waals surface area contributed by atoms with Crippen LogP contribution in [0.5, 0.6) is 0 Å². The monoisotopic (exact) mass is 304 g/mol. The molecule has 1 fully saturated rings. The molecule has 22 heavy (non-hydrogen) atoms. The summed E-state index contributed by atoms with van der Waals surface area (Å²) in [5.74, 6) is 1.31. The fraction of sp³-hybridized carbons (Fsp3) is 0.700. The van der Waals surface area contributed by atoms with E-state index < -0.39 is 6.29 Å². The molecule has 0 aromatic carbocycles. The van der Waals surface area contributed by atoms with Crippen molar-refractivity contribution in [1.29, 1.82) is 0 Å². The lowest BCUT2D eigenvalue weighted by molar-refractivity contribution is -0.0976. The van der Waals surface area contributed by atoms with Gasteiger partial charge >= 0.3 is 0 Å². The van der Waals surface area contributed by atoms with Crippen LogP contribution in [-0.2, 0) is 4.74 Å². The van der Waals surface area contributed by atoms with Crippen molar-refractivity contribution in [3.05, 3.63) is 34.9 Å². The molecule has 1 saturated heterocycles. The van der Waals surface area contributed by atoms with Crippen LogP contribution in [0.1, 0.15) is 59.8 Å². The lowest BCUT2D eigenvalue weighted by Gasteiger charge is -2.31. The van der Waals surface area contributed by atoms with E-state index in [9.17, 15) is 5.11 Å². The minimum Gasteiger partial charge on any atom is -0.367 e. The van der Waals surface area contributed by atoms with E-state index in [0.717, 1.165) is 25.7 Å². The van der Waals surface area contributed by atoms with E-state index in [-0.39, 0.29) is 5.92 Å². The van der Waals surface area contributed by atoms with Gasteiger partial charge in [0.05, 0.1) is 6.61 Å². The summed E-state index contributed by atoms with van der Waals surface area (Å²) in [7, 11) is 0. The predicted octanol–water partition coefficient (Wildman–Crippen LogP) is 5.01. The van der Waals surface area contributed by atoms with Gasteiger partial charge in [-0.25, -0.2) is 0 Å². The zero-order chi connectivity index (χ0) is 16.1. The van der Waals surface area contributed by atoms with Gasteiger partial charge in [-0.1, -0.05) is 36.3 Å². The molecule has 2 heteroatoms. The Bertz CT molecular complexity index is 454. The fourth-order valence-corrected chi connectivity index (χ4v) is 3.82. The minimum atomic E-state index is -0.611. The molecule has 2 nitrogen and oxygen atoms in total. The first-order chi connectivity index (χ1) is 10.5. The maximum absolute atomic E-state index is 10.3. The summed E-state index contributed by atoms with van der Waals surface area (Å²) in [6.45, 7) is 9.51. The maximum atomic E-state index is 10.3. The maximum Gasteiger partial charge on any atom is 0.161 e. The molecular formula is C20H32O2. The van der Waals surface area contributed by atoms with Crippen molar-refractivity contribution >= 4 is 0 Å². The Hall–Kier alpha value is -0.860. The van der Waals surface area contributed by atoms with Crippen LogP contribution in [-0.4, -0.2) is 18.0 Å². The van der Waals surface area contributed by atoms with Gasteiger partial charge in [-0.05, 0) is 70.3 Å². The lowest BCUT2D eigenvalue weighted by Crippen LogP contribution is -2.29. The number of fused-ring (bicyclic) bond motifs is 1. The average molecular weight is 304 g/mol. The van der Waals surface area contributed by atoms with Crippen molar-refractivity contribution in [2.24, 2.45) is 17.8 Å². The van der Waals surface area contributed by atoms with Crippen LogP contribution in [0, 0.1) is 17.8 Å². The van der Waals surface area contributed by atoms with E-state index in [1.54, 1.807) is 0 Å². The highest BCUT2D eigenvalue weighted by Gasteiger charge is 2.39. The van der Waals surface area contributed by atoms with Crippen molar-refractivity contribution in [3.63, 3.8) is 0 Å². The van der Waals surface area contributed by atoms with Gasteiger partial charge in [-0.15, -0.1) is 0 Å². The number of allylic oxidation sites excluding steroid dienone is 5. The largest absolute Gasteiger partial charge is 0.367 e. The molecular weight excluding hydrogens is 272 g/mol. The molecule has 0 aromatic rings. The van der Waals surface area contributed by atoms with Crippen LogP contribution < -0.4 is 0 Å². The zero-order valence-corrected chi connectivity index (χ0v) is 14.6. The third-order valence-corrected chi connectivity index (χ3v) is 5.24. The average Bonchev–Trinajstić information content (AvgIpc) is 2.83. The second kappa shape index (κ2) is 8.12. The fourth-order valence-electron chi connectivity index (χ4n) is 3.82. The molecule has 1 N–H and O–H groups in total. The molecule has 0 bridgehead atoms. The summed E-state index contributed by atoms with van der Waals surface area (Å²) in [6.07, 6.45) is 11.9. The van der Waals surface area contributed by atoms with Crippen LogP contribution >= 0.6 is 0 Å². The van der Waals surface area contributed by atoms with E-state index in [1.165, 1.54) is 23.1 Å². The van der Waals surface area contributed by atoms with Gasteiger partial charge in [-0.3, -0.25) is 0 Å². The topological polar surface area (TPSA) is 29.5 Å². The van der Waals surface area contributed by atoms with Crippen LogP contribution in [0.15, 0.2) is 34.9 Å². The molecule has 1 aliphatic carbocycles. The molecule has 0 radical (unpaired) electrons. The van der Waals surface area contributed by atoms with Crippen molar-refractivity contribution in [1.82, 2.24) is 0 Å². The SMILES string of the molecule is CC(C)=CCC[C@H](C)[C@H]1CC/C(C)=C/C/C=C2/CO[C@H](O)[C@H]21. The standard InChI is InChI=1S/C20H32O2/c1-14(2)7-5-9-16(4)18-12-11-15(3)8-6-10-17-13-22-20(21)19(17)18/h7-8,10,16,18-21H,5-6,9,11-13H2,1-4H3/b15-8+,17-10-/t16-,18+,19+,20-/m0/s1. The van der Waals surface area contributed by atoms with Crippen molar-refractivity contribution in [3.8, 4) is 0 Å². The van der Waals surface area contributed by atoms with Crippen molar-refractivity contribution < 1.29 is 9.84 Å². The van der Waals surface area contributed by atoms with E-state index in [2.05, 4.69) is 45.9 Å². The Kier molecular flexibility index (Phi) is 6.46. The number of rotatable bonds is 4. The first kappa shape index (κ1) is 17.5. The molecule has 0 unspecified atom stereocenters. The van der Waals surface area contributed by atoms with Crippen LogP contribution in [0.3, 0.4) is 0 Å². The summed E-state index contributed by atoms with van der Waals surface area (Å²) >= 11 is 0. The Morgan fingerprint density at radius 2 is 2.18 bits per heavy atom. The molecule has 0 amide bonds. The van der Waals surface area contributed by atoms with Crippen LogP contribution in [0.25, 0.3) is 0 Å². The highest BCUT2D eigenvalue weighted by molar-refractivity contribution is 5.18. The Morgan fingerprint density at radius 3 is 2.91 bits per heavy atom. The Labute approximate surface area is 136 Å². The third-order valence-electron chi connectivity index (χ3n) is 5.24. The van der Waals surface area contributed by atoms with Crippen molar-refractivity contribution in [2.75, 3.05) is 6.61 Å². The van der Waals surface area contributed by atoms with Gasteiger partial charge < -0.3 is 9.84 Å². The molecule has 124 valence electrons. The van der Waals surface area contributed by atoms with Gasteiger partial charge in [-0.2, -0.15) is 0 Å². The highest BCUT2D eigenvalue weighted by Crippen LogP contribution is 2.41. The zero-order valence-electron chi connectivity index (χ0n) is 14.6. The van der Waals surface area contributed by atoms with Gasteiger partial charge in [0.15, 0.2) is 6.29 Å². The molecule has 0 saturated carbocycles. The molecule has 4 atom stereocenters. The van der Waals surface area contributed by atoms with E-state index in [1.807, 2.05) is 0 Å². The normalized spacial score (nSPS) is 35.0. The number of hydrogen-bond donors (Lipinski definition) is 1. The van der Waals surface area contributed by atoms with E-state index >= 15 is 0 Å². The summed E-state index contributed by atoms with van der Waals surface area (Å²) in [5, 5.41) is 10.3. The van der Waals surface area contributed by atoms with Gasteiger partial charge in [0.25, 0.3) is 0 Å². The first-order valence-electron chi connectivity index (χ1n) is 8.76. The summed E-state index contributed by atoms with van der Waals surface area (Å²) < 4.78 is 5.56. The lowest BCUT2D eigenvalue weighted by atomic mass is 9.74. The Balaban J connectivity index is 2.13. The van der Waals surface area contributed by atoms with E-state index in [0.29, 0.717) is 18.4 Å². The van der Waals surface area contributed by atoms with Gasteiger partial charge in [0, 0.05) is 5.92 Å². The molecule has 2 aliphatic rings. The minimum absolute atomic E-state index is 0.195. The Morgan fingerprint density at radius 1 is 1.41 bits per heavy atom. The van der Waals surface area contributed by atoms with Gasteiger partial charge in [0.2, 0.25) is 0 Å². The number of hydrogen-bond acceptors (Lipinski definition) is 2. The quantitative estimate of drug-likeness (QED) is 0.740. The predicted molar refractivity (Wildman–Crippen MR) is 92.5 cm³/mol. The molecule has 1 aliphatic heterocycles. The van der Waals surface area contributed by atoms with Gasteiger partial charge in [0.1, 0.15) is 0 Å². The van der Waals surface area contributed by atoms with E-state index in [4.69, 9.17) is 4.74 Å². The second-order valence-corrected chi connectivity index (χ2v) is 7.33. The smallest absolute Gasteiger partial charge is 0.161 e. The van der Waals surface area contributed by atoms with Crippen LogP contribution in [0.2, 0.25) is 0 Å². The number of aliphatic hydroxyl groups excluding tert-OH is 1. The summed E-state index contributed by atoms with van der Waals surface area (Å²) in [4.78, 5) is 0. The second-order valence-electron chi connectivity index (χ2n) is 7.33. The highest BCUT2D eigenvalue weighted by atomic mass is 16.6. The number of aliphatic hydroxyl groups is 1. The molecule has 0 aromatic heterocycles. The number of ether oxygens (including phenoxy) is 1. The van der Waals surface area contributed by atoms with Crippen LogP contribution in [0.4, 0.5) is 0 Å². The van der Waals surface area contributed by atoms with Crippen molar-refractivity contribution in [2.45, 2.75) is 66.1 Å². The third kappa shape index (κ3) is 4.57.